The maximum atomic E-state index is 12.5. The average molecular weight is 331 g/mol. The lowest BCUT2D eigenvalue weighted by Gasteiger charge is -2.25. The molecule has 2 heterocycles. The van der Waals surface area contributed by atoms with Gasteiger partial charge in [0.15, 0.2) is 6.10 Å². The highest BCUT2D eigenvalue weighted by molar-refractivity contribution is 7.10. The summed E-state index contributed by atoms with van der Waals surface area (Å²) in [5, 5.41) is 5.21. The number of amides is 1. The van der Waals surface area contributed by atoms with Crippen molar-refractivity contribution in [3.8, 4) is 0 Å². The molecule has 1 aliphatic rings. The Hall–Kier alpha value is -1.69. The highest BCUT2D eigenvalue weighted by atomic mass is 32.1. The second-order valence-electron chi connectivity index (χ2n) is 5.65. The summed E-state index contributed by atoms with van der Waals surface area (Å²) in [6, 6.07) is 12.3. The van der Waals surface area contributed by atoms with Crippen LogP contribution in [-0.4, -0.2) is 31.8 Å². The first-order valence-corrected chi connectivity index (χ1v) is 8.69. The maximum absolute atomic E-state index is 12.5. The summed E-state index contributed by atoms with van der Waals surface area (Å²) in [4.78, 5) is 13.7. The molecule has 122 valence electrons. The number of rotatable bonds is 5. The van der Waals surface area contributed by atoms with Gasteiger partial charge < -0.3 is 14.8 Å². The number of thiophene rings is 1. The standard InChI is InChI=1S/C18H21NO3S/c1-13-7-10-23-17(13)15(11-14-5-3-2-4-6-14)19-18(20)16-12-21-8-9-22-16/h2-7,10,15-16H,8-9,11-12H2,1H3,(H,19,20)/t15-,16+/m0/s1. The first kappa shape index (κ1) is 16.2. The molecule has 2 aromatic rings. The number of benzene rings is 1. The fourth-order valence-electron chi connectivity index (χ4n) is 2.70. The van der Waals surface area contributed by atoms with Gasteiger partial charge in [0.25, 0.3) is 5.91 Å². The molecule has 5 heteroatoms. The van der Waals surface area contributed by atoms with Gasteiger partial charge in [-0.1, -0.05) is 30.3 Å². The van der Waals surface area contributed by atoms with Crippen molar-refractivity contribution in [2.24, 2.45) is 0 Å². The number of carbonyl (C=O) groups excluding carboxylic acids is 1. The molecule has 4 nitrogen and oxygen atoms in total. The molecular weight excluding hydrogens is 310 g/mol. The average Bonchev–Trinajstić information content (AvgIpc) is 3.02. The van der Waals surface area contributed by atoms with E-state index in [2.05, 4.69) is 35.8 Å². The van der Waals surface area contributed by atoms with Crippen LogP contribution in [0.2, 0.25) is 0 Å². The van der Waals surface area contributed by atoms with Crippen LogP contribution in [-0.2, 0) is 20.7 Å². The van der Waals surface area contributed by atoms with Crippen LogP contribution in [0.1, 0.15) is 22.0 Å². The van der Waals surface area contributed by atoms with E-state index in [0.29, 0.717) is 19.8 Å². The van der Waals surface area contributed by atoms with Gasteiger partial charge >= 0.3 is 0 Å². The Morgan fingerprint density at radius 2 is 2.13 bits per heavy atom. The lowest BCUT2D eigenvalue weighted by Crippen LogP contribution is -2.44. The molecule has 0 spiro atoms. The number of nitrogens with one attached hydrogen (secondary N) is 1. The molecule has 1 aromatic heterocycles. The molecule has 1 fully saturated rings. The third-order valence-electron chi connectivity index (χ3n) is 3.93. The minimum Gasteiger partial charge on any atom is -0.376 e. The van der Waals surface area contributed by atoms with Crippen LogP contribution in [0.25, 0.3) is 0 Å². The summed E-state index contributed by atoms with van der Waals surface area (Å²) in [6.45, 7) is 3.43. The van der Waals surface area contributed by atoms with E-state index in [1.165, 1.54) is 16.0 Å². The molecule has 0 aliphatic carbocycles. The molecule has 1 aromatic carbocycles. The van der Waals surface area contributed by atoms with Crippen molar-refractivity contribution in [1.82, 2.24) is 5.32 Å². The van der Waals surface area contributed by atoms with E-state index in [0.717, 1.165) is 6.42 Å². The molecule has 0 bridgehead atoms. The summed E-state index contributed by atoms with van der Waals surface area (Å²) in [6.07, 6.45) is 0.254. The molecule has 0 unspecified atom stereocenters. The monoisotopic (exact) mass is 331 g/mol. The Balaban J connectivity index is 1.75. The smallest absolute Gasteiger partial charge is 0.252 e. The summed E-state index contributed by atoms with van der Waals surface area (Å²) in [5.74, 6) is -0.0987. The van der Waals surface area contributed by atoms with Crippen molar-refractivity contribution < 1.29 is 14.3 Å². The SMILES string of the molecule is Cc1ccsc1[C@H](Cc1ccccc1)NC(=O)[C@H]1COCCO1. The molecule has 1 amide bonds. The predicted octanol–water partition coefficient (Wildman–Crippen LogP) is 2.87. The van der Waals surface area contributed by atoms with E-state index in [-0.39, 0.29) is 11.9 Å². The molecule has 0 radical (unpaired) electrons. The quantitative estimate of drug-likeness (QED) is 0.916. The zero-order valence-corrected chi connectivity index (χ0v) is 14.0. The fraction of sp³-hybridized carbons (Fsp3) is 0.389. The van der Waals surface area contributed by atoms with Crippen LogP contribution in [0.4, 0.5) is 0 Å². The molecule has 1 N–H and O–H groups in total. The van der Waals surface area contributed by atoms with Crippen molar-refractivity contribution in [2.45, 2.75) is 25.5 Å². The van der Waals surface area contributed by atoms with E-state index in [4.69, 9.17) is 9.47 Å². The van der Waals surface area contributed by atoms with Gasteiger partial charge in [-0.25, -0.2) is 0 Å². The second kappa shape index (κ2) is 7.73. The first-order chi connectivity index (χ1) is 11.2. The predicted molar refractivity (Wildman–Crippen MR) is 90.6 cm³/mol. The highest BCUT2D eigenvalue weighted by Gasteiger charge is 2.26. The Bertz CT molecular complexity index is 635. The van der Waals surface area contributed by atoms with Gasteiger partial charge in [-0.3, -0.25) is 4.79 Å². The summed E-state index contributed by atoms with van der Waals surface area (Å²) in [7, 11) is 0. The fourth-order valence-corrected chi connectivity index (χ4v) is 3.68. The Morgan fingerprint density at radius 1 is 1.30 bits per heavy atom. The normalized spacial score (nSPS) is 19.3. The molecule has 0 saturated carbocycles. The van der Waals surface area contributed by atoms with E-state index < -0.39 is 6.10 Å². The Morgan fingerprint density at radius 3 is 2.78 bits per heavy atom. The minimum absolute atomic E-state index is 0.0459. The maximum Gasteiger partial charge on any atom is 0.252 e. The Kier molecular flexibility index (Phi) is 5.43. The molecular formula is C18H21NO3S. The van der Waals surface area contributed by atoms with Gasteiger partial charge in [-0.2, -0.15) is 0 Å². The van der Waals surface area contributed by atoms with Crippen LogP contribution in [0.5, 0.6) is 0 Å². The van der Waals surface area contributed by atoms with Crippen LogP contribution >= 0.6 is 11.3 Å². The zero-order valence-electron chi connectivity index (χ0n) is 13.2. The van der Waals surface area contributed by atoms with Crippen molar-refractivity contribution in [1.29, 1.82) is 0 Å². The van der Waals surface area contributed by atoms with Gasteiger partial charge in [0.2, 0.25) is 0 Å². The van der Waals surface area contributed by atoms with Crippen LogP contribution in [0.3, 0.4) is 0 Å². The van der Waals surface area contributed by atoms with Crippen molar-refractivity contribution >= 4 is 17.2 Å². The number of ether oxygens (including phenoxy) is 2. The molecule has 3 rings (SSSR count). The molecule has 23 heavy (non-hydrogen) atoms. The number of hydrogen-bond acceptors (Lipinski definition) is 4. The molecule has 1 aliphatic heterocycles. The first-order valence-electron chi connectivity index (χ1n) is 7.81. The van der Waals surface area contributed by atoms with Crippen LogP contribution < -0.4 is 5.32 Å². The summed E-state index contributed by atoms with van der Waals surface area (Å²) < 4.78 is 10.8. The lowest BCUT2D eigenvalue weighted by molar-refractivity contribution is -0.148. The van der Waals surface area contributed by atoms with Crippen molar-refractivity contribution in [2.75, 3.05) is 19.8 Å². The van der Waals surface area contributed by atoms with E-state index in [1.54, 1.807) is 11.3 Å². The molecule has 2 atom stereocenters. The minimum atomic E-state index is -0.512. The highest BCUT2D eigenvalue weighted by Crippen LogP contribution is 2.27. The van der Waals surface area contributed by atoms with Gasteiger partial charge in [-0.15, -0.1) is 11.3 Å². The number of hydrogen-bond donors (Lipinski definition) is 1. The van der Waals surface area contributed by atoms with Crippen molar-refractivity contribution in [3.63, 3.8) is 0 Å². The Labute approximate surface area is 140 Å². The largest absolute Gasteiger partial charge is 0.376 e. The third kappa shape index (κ3) is 4.19. The van der Waals surface area contributed by atoms with Gasteiger partial charge in [0.05, 0.1) is 25.9 Å². The van der Waals surface area contributed by atoms with Gasteiger partial charge in [0.1, 0.15) is 0 Å². The van der Waals surface area contributed by atoms with Crippen molar-refractivity contribution in [3.05, 3.63) is 57.8 Å². The van der Waals surface area contributed by atoms with Crippen LogP contribution in [0, 0.1) is 6.92 Å². The summed E-state index contributed by atoms with van der Waals surface area (Å²) >= 11 is 1.68. The van der Waals surface area contributed by atoms with Gasteiger partial charge in [0, 0.05) is 4.88 Å². The van der Waals surface area contributed by atoms with Gasteiger partial charge in [-0.05, 0) is 35.9 Å². The molecule has 1 saturated heterocycles. The van der Waals surface area contributed by atoms with Crippen LogP contribution in [0.15, 0.2) is 41.8 Å². The lowest BCUT2D eigenvalue weighted by atomic mass is 10.0. The number of aryl methyl sites for hydroxylation is 1. The van der Waals surface area contributed by atoms with E-state index >= 15 is 0 Å². The third-order valence-corrected chi connectivity index (χ3v) is 5.06. The van der Waals surface area contributed by atoms with E-state index in [9.17, 15) is 4.79 Å². The second-order valence-corrected chi connectivity index (χ2v) is 6.60. The zero-order chi connectivity index (χ0) is 16.1. The van der Waals surface area contributed by atoms with E-state index in [1.807, 2.05) is 18.2 Å². The summed E-state index contributed by atoms with van der Waals surface area (Å²) in [5.41, 5.74) is 2.41. The number of carbonyl (C=O) groups is 1. The topological polar surface area (TPSA) is 47.6 Å².